The monoisotopic (exact) mass is 510 g/mol. The number of aromatic nitrogens is 2. The van der Waals surface area contributed by atoms with Gasteiger partial charge in [-0.2, -0.15) is 0 Å². The first kappa shape index (κ1) is 26.3. The van der Waals surface area contributed by atoms with Crippen LogP contribution in [-0.4, -0.2) is 47.4 Å². The zero-order valence-corrected chi connectivity index (χ0v) is 21.4. The summed E-state index contributed by atoms with van der Waals surface area (Å²) in [5, 5.41) is 3.01. The van der Waals surface area contributed by atoms with Gasteiger partial charge in [-0.3, -0.25) is 14.6 Å². The Morgan fingerprint density at radius 1 is 0.868 bits per heavy atom. The Hall–Kier alpha value is -4.72. The number of nitrogens with one attached hydrogen (secondary N) is 1. The minimum atomic E-state index is -0.961. The average molecular weight is 511 g/mol. The number of rotatable bonds is 11. The smallest absolute Gasteiger partial charge is 0.275 e. The summed E-state index contributed by atoms with van der Waals surface area (Å²) >= 11 is 0. The van der Waals surface area contributed by atoms with Crippen molar-refractivity contribution in [1.29, 1.82) is 0 Å². The lowest BCUT2D eigenvalue weighted by Gasteiger charge is -2.31. The van der Waals surface area contributed by atoms with Gasteiger partial charge in [0.05, 0.1) is 20.4 Å². The zero-order valence-electron chi connectivity index (χ0n) is 21.4. The highest BCUT2D eigenvalue weighted by molar-refractivity contribution is 5.96. The molecule has 2 amide bonds. The molecule has 1 N–H and O–H groups in total. The van der Waals surface area contributed by atoms with Gasteiger partial charge in [0, 0.05) is 25.5 Å². The fourth-order valence-electron chi connectivity index (χ4n) is 4.18. The molecular weight excluding hydrogens is 480 g/mol. The normalized spacial score (nSPS) is 11.3. The van der Waals surface area contributed by atoms with Gasteiger partial charge in [0.25, 0.3) is 5.91 Å². The van der Waals surface area contributed by atoms with Gasteiger partial charge in [-0.05, 0) is 35.2 Å². The number of amides is 2. The van der Waals surface area contributed by atoms with Crippen molar-refractivity contribution >= 4 is 11.8 Å². The quantitative estimate of drug-likeness (QED) is 0.325. The number of ether oxygens (including phenoxy) is 2. The lowest BCUT2D eigenvalue weighted by molar-refractivity contribution is -0.126. The van der Waals surface area contributed by atoms with Crippen LogP contribution in [0.15, 0.2) is 97.5 Å². The van der Waals surface area contributed by atoms with Gasteiger partial charge in [-0.25, -0.2) is 4.98 Å². The van der Waals surface area contributed by atoms with E-state index >= 15 is 0 Å². The maximum Gasteiger partial charge on any atom is 0.275 e. The standard InChI is InChI=1S/C30H30N4O4/c1-37-26-14-13-24(19-27(26)38-2)28(29(35)33-20-23-11-7-4-8-12-23)34(18-15-22-9-5-3-6-10-22)30(36)25-21-31-16-17-32-25/h3-14,16-17,19,21,28H,15,18,20H2,1-2H3,(H,33,35)/t28-/m1/s1. The summed E-state index contributed by atoms with van der Waals surface area (Å²) < 4.78 is 10.9. The molecule has 0 fully saturated rings. The first-order valence-electron chi connectivity index (χ1n) is 12.2. The maximum atomic E-state index is 13.8. The predicted molar refractivity (Wildman–Crippen MR) is 144 cm³/mol. The summed E-state index contributed by atoms with van der Waals surface area (Å²) in [7, 11) is 3.08. The van der Waals surface area contributed by atoms with Crippen molar-refractivity contribution in [2.45, 2.75) is 19.0 Å². The van der Waals surface area contributed by atoms with E-state index in [-0.39, 0.29) is 18.1 Å². The zero-order chi connectivity index (χ0) is 26.7. The number of nitrogens with zero attached hydrogens (tertiary/aromatic N) is 3. The molecule has 4 rings (SSSR count). The third-order valence-corrected chi connectivity index (χ3v) is 6.12. The van der Waals surface area contributed by atoms with E-state index in [1.165, 1.54) is 25.7 Å². The highest BCUT2D eigenvalue weighted by atomic mass is 16.5. The molecule has 194 valence electrons. The Kier molecular flexibility index (Phi) is 9.02. The van der Waals surface area contributed by atoms with Crippen molar-refractivity contribution in [3.63, 3.8) is 0 Å². The van der Waals surface area contributed by atoms with Crippen LogP contribution < -0.4 is 14.8 Å². The first-order valence-corrected chi connectivity index (χ1v) is 12.2. The van der Waals surface area contributed by atoms with Crippen LogP contribution in [0, 0.1) is 0 Å². The van der Waals surface area contributed by atoms with Crippen LogP contribution >= 0.6 is 0 Å². The average Bonchev–Trinajstić information content (AvgIpc) is 2.99. The maximum absolute atomic E-state index is 13.8. The van der Waals surface area contributed by atoms with E-state index in [0.717, 1.165) is 11.1 Å². The molecule has 0 aliphatic rings. The molecular formula is C30H30N4O4. The number of benzene rings is 3. The molecule has 0 aliphatic heterocycles. The minimum absolute atomic E-state index is 0.155. The van der Waals surface area contributed by atoms with Crippen LogP contribution in [0.3, 0.4) is 0 Å². The second kappa shape index (κ2) is 13.0. The molecule has 0 spiro atoms. The third kappa shape index (κ3) is 6.53. The molecule has 4 aromatic rings. The van der Waals surface area contributed by atoms with Gasteiger partial charge in [0.2, 0.25) is 5.91 Å². The van der Waals surface area contributed by atoms with Gasteiger partial charge in [-0.1, -0.05) is 66.7 Å². The lowest BCUT2D eigenvalue weighted by Crippen LogP contribution is -2.44. The minimum Gasteiger partial charge on any atom is -0.493 e. The van der Waals surface area contributed by atoms with E-state index in [9.17, 15) is 9.59 Å². The molecule has 0 bridgehead atoms. The second-order valence-corrected chi connectivity index (χ2v) is 8.55. The van der Waals surface area contributed by atoms with Crippen LogP contribution in [0.4, 0.5) is 0 Å². The molecule has 0 unspecified atom stereocenters. The van der Waals surface area contributed by atoms with Gasteiger partial charge in [0.1, 0.15) is 11.7 Å². The highest BCUT2D eigenvalue weighted by Crippen LogP contribution is 2.33. The molecule has 3 aromatic carbocycles. The summed E-state index contributed by atoms with van der Waals surface area (Å²) in [5.41, 5.74) is 2.73. The van der Waals surface area contributed by atoms with Crippen molar-refractivity contribution in [2.75, 3.05) is 20.8 Å². The molecule has 1 heterocycles. The van der Waals surface area contributed by atoms with Gasteiger partial charge < -0.3 is 19.7 Å². The fraction of sp³-hybridized carbons (Fsp3) is 0.200. The summed E-state index contributed by atoms with van der Waals surface area (Å²) in [5.74, 6) is 0.256. The van der Waals surface area contributed by atoms with E-state index in [4.69, 9.17) is 9.47 Å². The summed E-state index contributed by atoms with van der Waals surface area (Å²) in [6, 6.07) is 23.7. The Morgan fingerprint density at radius 2 is 1.55 bits per heavy atom. The van der Waals surface area contributed by atoms with E-state index in [1.807, 2.05) is 60.7 Å². The molecule has 8 nitrogen and oxygen atoms in total. The van der Waals surface area contributed by atoms with Crippen molar-refractivity contribution in [3.8, 4) is 11.5 Å². The molecule has 8 heteroatoms. The van der Waals surface area contributed by atoms with Crippen molar-refractivity contribution in [2.24, 2.45) is 0 Å². The van der Waals surface area contributed by atoms with E-state index < -0.39 is 11.9 Å². The fourth-order valence-corrected chi connectivity index (χ4v) is 4.18. The van der Waals surface area contributed by atoms with Crippen LogP contribution in [0.25, 0.3) is 0 Å². The number of hydrogen-bond donors (Lipinski definition) is 1. The van der Waals surface area contributed by atoms with Crippen LogP contribution in [0.5, 0.6) is 11.5 Å². The van der Waals surface area contributed by atoms with Crippen LogP contribution in [0.1, 0.15) is 33.2 Å². The number of hydrogen-bond acceptors (Lipinski definition) is 6. The molecule has 0 saturated heterocycles. The summed E-state index contributed by atoms with van der Waals surface area (Å²) in [4.78, 5) is 37.5. The number of carbonyl (C=O) groups is 2. The second-order valence-electron chi connectivity index (χ2n) is 8.55. The number of carbonyl (C=O) groups excluding carboxylic acids is 2. The van der Waals surface area contributed by atoms with Crippen molar-refractivity contribution in [3.05, 3.63) is 120 Å². The van der Waals surface area contributed by atoms with E-state index in [1.54, 1.807) is 30.2 Å². The van der Waals surface area contributed by atoms with Crippen molar-refractivity contribution < 1.29 is 19.1 Å². The lowest BCUT2D eigenvalue weighted by atomic mass is 10.0. The first-order chi connectivity index (χ1) is 18.6. The predicted octanol–water partition coefficient (Wildman–Crippen LogP) is 4.24. The van der Waals surface area contributed by atoms with E-state index in [0.29, 0.717) is 30.0 Å². The molecule has 1 aromatic heterocycles. The topological polar surface area (TPSA) is 93.7 Å². The summed E-state index contributed by atoms with van der Waals surface area (Å²) in [6.07, 6.45) is 4.92. The molecule has 0 aliphatic carbocycles. The van der Waals surface area contributed by atoms with Gasteiger partial charge in [0.15, 0.2) is 11.5 Å². The third-order valence-electron chi connectivity index (χ3n) is 6.12. The van der Waals surface area contributed by atoms with Crippen LogP contribution in [0.2, 0.25) is 0 Å². The SMILES string of the molecule is COc1ccc([C@H](C(=O)NCc2ccccc2)N(CCc2ccccc2)C(=O)c2cnccn2)cc1OC. The van der Waals surface area contributed by atoms with Crippen molar-refractivity contribution in [1.82, 2.24) is 20.2 Å². The Morgan fingerprint density at radius 3 is 2.18 bits per heavy atom. The number of methoxy groups -OCH3 is 2. The van der Waals surface area contributed by atoms with Gasteiger partial charge >= 0.3 is 0 Å². The highest BCUT2D eigenvalue weighted by Gasteiger charge is 2.33. The van der Waals surface area contributed by atoms with Crippen LogP contribution in [-0.2, 0) is 17.8 Å². The Bertz CT molecular complexity index is 1330. The van der Waals surface area contributed by atoms with Gasteiger partial charge in [-0.15, -0.1) is 0 Å². The molecule has 0 radical (unpaired) electrons. The molecule has 1 atom stereocenters. The largest absolute Gasteiger partial charge is 0.493 e. The molecule has 38 heavy (non-hydrogen) atoms. The summed E-state index contributed by atoms with van der Waals surface area (Å²) in [6.45, 7) is 0.590. The molecule has 0 saturated carbocycles. The Balaban J connectivity index is 1.74. The Labute approximate surface area is 222 Å². The van der Waals surface area contributed by atoms with E-state index in [2.05, 4.69) is 15.3 Å².